The number of carboxylic acid groups (broad SMARTS) is 2. The molecule has 0 bridgehead atoms. The minimum absolute atomic E-state index is 0.0111. The summed E-state index contributed by atoms with van der Waals surface area (Å²) in [5, 5.41) is 17.2. The molecule has 0 aliphatic heterocycles. The Morgan fingerprint density at radius 1 is 1.00 bits per heavy atom. The van der Waals surface area contributed by atoms with E-state index in [-0.39, 0.29) is 5.57 Å². The maximum Gasteiger partial charge on any atom is 0.331 e. The predicted octanol–water partition coefficient (Wildman–Crippen LogP) is 2.83. The average Bonchev–Trinajstić information content (AvgIpc) is 2.20. The van der Waals surface area contributed by atoms with Gasteiger partial charge in [0.1, 0.15) is 0 Å². The van der Waals surface area contributed by atoms with Crippen molar-refractivity contribution in [3.63, 3.8) is 0 Å². The van der Waals surface area contributed by atoms with Crippen molar-refractivity contribution in [3.05, 3.63) is 11.6 Å². The first-order valence-corrected chi connectivity index (χ1v) is 5.74. The first-order valence-electron chi connectivity index (χ1n) is 5.74. The van der Waals surface area contributed by atoms with E-state index in [4.69, 9.17) is 10.2 Å². The van der Waals surface area contributed by atoms with Gasteiger partial charge in [0.25, 0.3) is 0 Å². The number of hydrogen-bond acceptors (Lipinski definition) is 2. The molecule has 4 heteroatoms. The van der Waals surface area contributed by atoms with E-state index in [1.165, 1.54) is 19.3 Å². The number of unbranched alkanes of at least 4 members (excludes halogenated alkanes) is 5. The number of aliphatic carboxylic acids is 2. The molecule has 0 fully saturated rings. The van der Waals surface area contributed by atoms with E-state index in [0.717, 1.165) is 25.3 Å². The second-order valence-corrected chi connectivity index (χ2v) is 3.83. The summed E-state index contributed by atoms with van der Waals surface area (Å²) in [6, 6.07) is 0. The highest BCUT2D eigenvalue weighted by Gasteiger charge is 2.08. The van der Waals surface area contributed by atoms with E-state index in [9.17, 15) is 9.59 Å². The molecule has 0 aromatic carbocycles. The van der Waals surface area contributed by atoms with Gasteiger partial charge in [0.05, 0.1) is 0 Å². The van der Waals surface area contributed by atoms with Crippen molar-refractivity contribution >= 4 is 11.9 Å². The lowest BCUT2D eigenvalue weighted by Crippen LogP contribution is -2.04. The summed E-state index contributed by atoms with van der Waals surface area (Å²) in [7, 11) is 0. The van der Waals surface area contributed by atoms with Gasteiger partial charge in [-0.25, -0.2) is 9.59 Å². The van der Waals surface area contributed by atoms with E-state index >= 15 is 0 Å². The minimum atomic E-state index is -1.19. The molecule has 0 aromatic rings. The number of carboxylic acids is 2. The molecule has 0 aliphatic rings. The second kappa shape index (κ2) is 8.95. The fraction of sp³-hybridized carbons (Fsp3) is 0.667. The van der Waals surface area contributed by atoms with Gasteiger partial charge in [-0.05, 0) is 12.8 Å². The monoisotopic (exact) mass is 228 g/mol. The largest absolute Gasteiger partial charge is 0.478 e. The molecule has 0 aliphatic carbocycles. The molecular weight excluding hydrogens is 208 g/mol. The Morgan fingerprint density at radius 2 is 1.56 bits per heavy atom. The quantitative estimate of drug-likeness (QED) is 0.470. The van der Waals surface area contributed by atoms with Crippen LogP contribution in [0.1, 0.15) is 51.9 Å². The van der Waals surface area contributed by atoms with Crippen molar-refractivity contribution in [2.75, 3.05) is 0 Å². The van der Waals surface area contributed by atoms with Crippen molar-refractivity contribution in [1.82, 2.24) is 0 Å². The molecule has 0 heterocycles. The van der Waals surface area contributed by atoms with Crippen LogP contribution in [0.25, 0.3) is 0 Å². The van der Waals surface area contributed by atoms with Crippen molar-refractivity contribution < 1.29 is 19.8 Å². The Morgan fingerprint density at radius 3 is 2.06 bits per heavy atom. The molecule has 0 rings (SSSR count). The van der Waals surface area contributed by atoms with Crippen molar-refractivity contribution in [2.24, 2.45) is 0 Å². The molecule has 16 heavy (non-hydrogen) atoms. The topological polar surface area (TPSA) is 74.6 Å². The summed E-state index contributed by atoms with van der Waals surface area (Å²) in [6.07, 6.45) is 7.48. The summed E-state index contributed by atoms with van der Waals surface area (Å²) >= 11 is 0. The third-order valence-electron chi connectivity index (χ3n) is 2.37. The third kappa shape index (κ3) is 8.03. The Kier molecular flexibility index (Phi) is 8.21. The molecule has 4 nitrogen and oxygen atoms in total. The molecule has 0 saturated carbocycles. The van der Waals surface area contributed by atoms with Gasteiger partial charge in [-0.15, -0.1) is 0 Å². The van der Waals surface area contributed by atoms with Crippen LogP contribution in [0.2, 0.25) is 0 Å². The predicted molar refractivity (Wildman–Crippen MR) is 61.3 cm³/mol. The summed E-state index contributed by atoms with van der Waals surface area (Å²) < 4.78 is 0. The van der Waals surface area contributed by atoms with Crippen molar-refractivity contribution in [3.8, 4) is 0 Å². The summed E-state index contributed by atoms with van der Waals surface area (Å²) in [4.78, 5) is 21.0. The molecule has 0 radical (unpaired) electrons. The molecule has 92 valence electrons. The lowest BCUT2D eigenvalue weighted by molar-refractivity contribution is -0.135. The normalized spacial score (nSPS) is 11.4. The Labute approximate surface area is 96.0 Å². The SMILES string of the molecule is CCCCCCCC/C(=C\C(=O)O)C(=O)O. The van der Waals surface area contributed by atoms with Crippen LogP contribution in [-0.2, 0) is 9.59 Å². The van der Waals surface area contributed by atoms with E-state index in [1.807, 2.05) is 0 Å². The number of rotatable bonds is 9. The van der Waals surface area contributed by atoms with Gasteiger partial charge in [0.2, 0.25) is 0 Å². The van der Waals surface area contributed by atoms with Crippen molar-refractivity contribution in [1.29, 1.82) is 0 Å². The fourth-order valence-corrected chi connectivity index (χ4v) is 1.49. The van der Waals surface area contributed by atoms with Gasteiger partial charge < -0.3 is 10.2 Å². The highest BCUT2D eigenvalue weighted by molar-refractivity contribution is 5.94. The van der Waals surface area contributed by atoms with Crippen LogP contribution >= 0.6 is 0 Å². The molecule has 0 saturated heterocycles. The molecule has 2 N–H and O–H groups in total. The lowest BCUT2D eigenvalue weighted by atomic mass is 10.0. The van der Waals surface area contributed by atoms with Crippen LogP contribution in [0.5, 0.6) is 0 Å². The van der Waals surface area contributed by atoms with Gasteiger partial charge >= 0.3 is 11.9 Å². The Hall–Kier alpha value is -1.32. The van der Waals surface area contributed by atoms with E-state index < -0.39 is 11.9 Å². The third-order valence-corrected chi connectivity index (χ3v) is 2.37. The van der Waals surface area contributed by atoms with Crippen LogP contribution in [0.4, 0.5) is 0 Å². The zero-order valence-corrected chi connectivity index (χ0v) is 9.74. The highest BCUT2D eigenvalue weighted by Crippen LogP contribution is 2.12. The first-order chi connectivity index (χ1) is 7.57. The standard InChI is InChI=1S/C12H20O4/c1-2-3-4-5-6-7-8-10(12(15)16)9-11(13)14/h9H,2-8H2,1H3,(H,13,14)(H,15,16)/b10-9+. The molecule has 0 amide bonds. The molecule has 0 unspecified atom stereocenters. The number of hydrogen-bond donors (Lipinski definition) is 2. The molecule has 0 spiro atoms. The van der Waals surface area contributed by atoms with E-state index in [0.29, 0.717) is 6.42 Å². The van der Waals surface area contributed by atoms with Gasteiger partial charge in [-0.3, -0.25) is 0 Å². The Balaban J connectivity index is 3.78. The minimum Gasteiger partial charge on any atom is -0.478 e. The van der Waals surface area contributed by atoms with Crippen molar-refractivity contribution in [2.45, 2.75) is 51.9 Å². The van der Waals surface area contributed by atoms with E-state index in [2.05, 4.69) is 6.92 Å². The van der Waals surface area contributed by atoms with Crippen LogP contribution in [-0.4, -0.2) is 22.2 Å². The zero-order valence-electron chi connectivity index (χ0n) is 9.74. The van der Waals surface area contributed by atoms with Gasteiger partial charge in [-0.2, -0.15) is 0 Å². The first kappa shape index (κ1) is 14.7. The number of carbonyl (C=O) groups is 2. The second-order valence-electron chi connectivity index (χ2n) is 3.83. The van der Waals surface area contributed by atoms with Gasteiger partial charge in [0, 0.05) is 11.6 Å². The highest BCUT2D eigenvalue weighted by atomic mass is 16.4. The maximum absolute atomic E-state index is 10.7. The summed E-state index contributed by atoms with van der Waals surface area (Å²) in [6.45, 7) is 2.14. The van der Waals surface area contributed by atoms with Crippen LogP contribution in [0.15, 0.2) is 11.6 Å². The van der Waals surface area contributed by atoms with E-state index in [1.54, 1.807) is 0 Å². The molecule has 0 aromatic heterocycles. The Bertz CT molecular complexity index is 256. The summed E-state index contributed by atoms with van der Waals surface area (Å²) in [5.74, 6) is -2.32. The smallest absolute Gasteiger partial charge is 0.331 e. The van der Waals surface area contributed by atoms with Crippen LogP contribution in [0.3, 0.4) is 0 Å². The fourth-order valence-electron chi connectivity index (χ4n) is 1.49. The van der Waals surface area contributed by atoms with Gasteiger partial charge in [-0.1, -0.05) is 39.0 Å². The average molecular weight is 228 g/mol. The lowest BCUT2D eigenvalue weighted by Gasteiger charge is -2.01. The summed E-state index contributed by atoms with van der Waals surface area (Å²) in [5.41, 5.74) is -0.0111. The zero-order chi connectivity index (χ0) is 12.4. The molecule has 0 atom stereocenters. The maximum atomic E-state index is 10.7. The molecular formula is C12H20O4. The van der Waals surface area contributed by atoms with Crippen LogP contribution in [0, 0.1) is 0 Å². The van der Waals surface area contributed by atoms with Gasteiger partial charge in [0.15, 0.2) is 0 Å². The van der Waals surface area contributed by atoms with Crippen LogP contribution < -0.4 is 0 Å².